The molecule has 2 aromatic carbocycles. The zero-order valence-electron chi connectivity index (χ0n) is 20.5. The molecule has 186 valence electrons. The molecule has 0 fully saturated rings. The molecule has 2 heterocycles. The highest BCUT2D eigenvalue weighted by atomic mass is 16.5. The van der Waals surface area contributed by atoms with Crippen LogP contribution in [0.5, 0.6) is 0 Å². The summed E-state index contributed by atoms with van der Waals surface area (Å²) in [7, 11) is 5.14. The van der Waals surface area contributed by atoms with Crippen LogP contribution in [0.2, 0.25) is 0 Å². The molecule has 0 spiro atoms. The van der Waals surface area contributed by atoms with Gasteiger partial charge in [-0.1, -0.05) is 12.1 Å². The average molecular weight is 488 g/mol. The summed E-state index contributed by atoms with van der Waals surface area (Å²) < 4.78 is 6.75. The largest absolute Gasteiger partial charge is 0.383 e. The molecule has 0 aliphatic carbocycles. The van der Waals surface area contributed by atoms with Crippen LogP contribution in [0, 0.1) is 0 Å². The number of nitrogens with one attached hydrogen (secondary N) is 3. The van der Waals surface area contributed by atoms with E-state index in [0.29, 0.717) is 42.5 Å². The van der Waals surface area contributed by atoms with E-state index in [9.17, 15) is 9.59 Å². The van der Waals surface area contributed by atoms with Crippen molar-refractivity contribution in [1.29, 1.82) is 0 Å². The van der Waals surface area contributed by atoms with Crippen LogP contribution in [0.1, 0.15) is 15.9 Å². The van der Waals surface area contributed by atoms with E-state index < -0.39 is 0 Å². The lowest BCUT2D eigenvalue weighted by Crippen LogP contribution is -2.34. The first-order chi connectivity index (χ1) is 17.4. The van der Waals surface area contributed by atoms with Crippen molar-refractivity contribution in [2.75, 3.05) is 43.3 Å². The Balaban J connectivity index is 1.41. The number of aryl methyl sites for hydroxylation is 1. The Morgan fingerprint density at radius 2 is 1.92 bits per heavy atom. The van der Waals surface area contributed by atoms with E-state index in [1.54, 1.807) is 37.2 Å². The van der Waals surface area contributed by atoms with Crippen LogP contribution >= 0.6 is 0 Å². The number of hydrogen-bond acceptors (Lipinski definition) is 6. The molecule has 0 unspecified atom stereocenters. The second-order valence-electron chi connectivity index (χ2n) is 8.32. The Bertz CT molecular complexity index is 1370. The van der Waals surface area contributed by atoms with E-state index in [2.05, 4.69) is 26.0 Å². The van der Waals surface area contributed by atoms with Gasteiger partial charge in [-0.25, -0.2) is 9.78 Å². The van der Waals surface area contributed by atoms with E-state index in [4.69, 9.17) is 4.74 Å². The third kappa shape index (κ3) is 6.16. The summed E-state index contributed by atoms with van der Waals surface area (Å²) >= 11 is 0. The SMILES string of the molecule is COCCN(C)C(=O)Nc1cc(CNc2ccccc2C(=O)Nc2ccc3cn(C)nc3c2)ccn1. The molecule has 0 bridgehead atoms. The molecule has 0 radical (unpaired) electrons. The highest BCUT2D eigenvalue weighted by Gasteiger charge is 2.13. The molecule has 3 amide bonds. The predicted molar refractivity (Wildman–Crippen MR) is 140 cm³/mol. The number of pyridine rings is 1. The minimum absolute atomic E-state index is 0.227. The number of para-hydroxylation sites is 1. The number of amides is 3. The predicted octanol–water partition coefficient (Wildman–Crippen LogP) is 3.94. The van der Waals surface area contributed by atoms with Crippen LogP contribution in [0.3, 0.4) is 0 Å². The lowest BCUT2D eigenvalue weighted by Gasteiger charge is -2.17. The molecule has 4 aromatic rings. The average Bonchev–Trinajstić information content (AvgIpc) is 3.25. The highest BCUT2D eigenvalue weighted by Crippen LogP contribution is 2.21. The molecular weight excluding hydrogens is 458 g/mol. The summed E-state index contributed by atoms with van der Waals surface area (Å²) in [5.41, 5.74) is 3.59. The van der Waals surface area contributed by atoms with Crippen molar-refractivity contribution in [3.05, 3.63) is 78.1 Å². The van der Waals surface area contributed by atoms with E-state index in [0.717, 1.165) is 16.5 Å². The van der Waals surface area contributed by atoms with Crippen molar-refractivity contribution in [3.63, 3.8) is 0 Å². The van der Waals surface area contributed by atoms with Gasteiger partial charge in [0.05, 0.1) is 17.7 Å². The van der Waals surface area contributed by atoms with Gasteiger partial charge < -0.3 is 20.3 Å². The number of carbonyl (C=O) groups excluding carboxylic acids is 2. The van der Waals surface area contributed by atoms with Crippen molar-refractivity contribution in [3.8, 4) is 0 Å². The molecule has 10 heteroatoms. The third-order valence-corrected chi connectivity index (χ3v) is 5.57. The quantitative estimate of drug-likeness (QED) is 0.330. The first-order valence-corrected chi connectivity index (χ1v) is 11.5. The maximum absolute atomic E-state index is 13.1. The molecule has 0 saturated heterocycles. The van der Waals surface area contributed by atoms with E-state index in [1.165, 1.54) is 4.90 Å². The number of urea groups is 1. The van der Waals surface area contributed by atoms with Gasteiger partial charge in [0.15, 0.2) is 0 Å². The second kappa shape index (κ2) is 11.3. The minimum Gasteiger partial charge on any atom is -0.383 e. The fraction of sp³-hybridized carbons (Fsp3) is 0.231. The van der Waals surface area contributed by atoms with Gasteiger partial charge in [-0.2, -0.15) is 5.10 Å². The number of likely N-dealkylation sites (N-methyl/N-ethyl adjacent to an activating group) is 1. The molecule has 4 rings (SSSR count). The van der Waals surface area contributed by atoms with Crippen LogP contribution in [-0.2, 0) is 18.3 Å². The van der Waals surface area contributed by atoms with Crippen LogP contribution < -0.4 is 16.0 Å². The Morgan fingerprint density at radius 1 is 1.08 bits per heavy atom. The van der Waals surface area contributed by atoms with Crippen molar-refractivity contribution in [1.82, 2.24) is 19.7 Å². The summed E-state index contributed by atoms with van der Waals surface area (Å²) in [5, 5.41) is 14.5. The Morgan fingerprint density at radius 3 is 2.75 bits per heavy atom. The molecule has 0 aliphatic heterocycles. The zero-order chi connectivity index (χ0) is 25.5. The first kappa shape index (κ1) is 24.7. The molecule has 0 aliphatic rings. The lowest BCUT2D eigenvalue weighted by atomic mass is 10.1. The van der Waals surface area contributed by atoms with Crippen molar-refractivity contribution in [2.24, 2.45) is 7.05 Å². The third-order valence-electron chi connectivity index (χ3n) is 5.57. The van der Waals surface area contributed by atoms with Gasteiger partial charge in [-0.15, -0.1) is 0 Å². The molecule has 2 aromatic heterocycles. The number of rotatable bonds is 9. The molecule has 3 N–H and O–H groups in total. The number of ether oxygens (including phenoxy) is 1. The highest BCUT2D eigenvalue weighted by molar-refractivity contribution is 6.08. The first-order valence-electron chi connectivity index (χ1n) is 11.5. The fourth-order valence-corrected chi connectivity index (χ4v) is 3.64. The van der Waals surface area contributed by atoms with Crippen molar-refractivity contribution in [2.45, 2.75) is 6.54 Å². The molecule has 36 heavy (non-hydrogen) atoms. The number of nitrogens with zero attached hydrogens (tertiary/aromatic N) is 4. The summed E-state index contributed by atoms with van der Waals surface area (Å²) in [5.74, 6) is 0.217. The van der Waals surface area contributed by atoms with Crippen LogP contribution in [0.4, 0.5) is 22.0 Å². The number of benzene rings is 2. The number of fused-ring (bicyclic) bond motifs is 1. The van der Waals surface area contributed by atoms with Gasteiger partial charge in [0.25, 0.3) is 5.91 Å². The minimum atomic E-state index is -0.268. The van der Waals surface area contributed by atoms with Gasteiger partial charge in [0, 0.05) is 63.4 Å². The van der Waals surface area contributed by atoms with Crippen LogP contribution in [0.15, 0.2) is 67.0 Å². The number of aromatic nitrogens is 3. The fourth-order valence-electron chi connectivity index (χ4n) is 3.64. The summed E-state index contributed by atoms with van der Waals surface area (Å²) in [6.45, 7) is 1.36. The van der Waals surface area contributed by atoms with Crippen molar-refractivity contribution >= 4 is 40.0 Å². The standard InChI is InChI=1S/C26H29N7O3/c1-32(12-13-36-3)26(35)30-24-14-18(10-11-27-24)16-28-22-7-5-4-6-21(22)25(34)29-20-9-8-19-17-33(2)31-23(19)15-20/h4-11,14-15,17,28H,12-13,16H2,1-3H3,(H,29,34)(H,27,30,35). The maximum atomic E-state index is 13.1. The topological polar surface area (TPSA) is 113 Å². The van der Waals surface area contributed by atoms with Gasteiger partial charge in [0.1, 0.15) is 5.82 Å². The maximum Gasteiger partial charge on any atom is 0.322 e. The number of methoxy groups -OCH3 is 1. The van der Waals surface area contributed by atoms with Gasteiger partial charge >= 0.3 is 6.03 Å². The van der Waals surface area contributed by atoms with E-state index >= 15 is 0 Å². The zero-order valence-corrected chi connectivity index (χ0v) is 20.5. The number of carbonyl (C=O) groups is 2. The molecular formula is C26H29N7O3. The lowest BCUT2D eigenvalue weighted by molar-refractivity contribution is 0.102. The number of anilines is 3. The van der Waals surface area contributed by atoms with E-state index in [1.807, 2.05) is 55.7 Å². The van der Waals surface area contributed by atoms with Gasteiger partial charge in [-0.05, 0) is 48.0 Å². The van der Waals surface area contributed by atoms with Crippen molar-refractivity contribution < 1.29 is 14.3 Å². The monoisotopic (exact) mass is 487 g/mol. The summed E-state index contributed by atoms with van der Waals surface area (Å²) in [4.78, 5) is 31.1. The van der Waals surface area contributed by atoms with Crippen LogP contribution in [-0.4, -0.2) is 58.9 Å². The van der Waals surface area contributed by atoms with E-state index in [-0.39, 0.29) is 11.9 Å². The molecule has 0 saturated carbocycles. The Kier molecular flexibility index (Phi) is 7.76. The summed E-state index contributed by atoms with van der Waals surface area (Å²) in [6.07, 6.45) is 3.56. The normalized spacial score (nSPS) is 10.8. The Hall–Kier alpha value is -4.44. The summed E-state index contributed by atoms with van der Waals surface area (Å²) in [6, 6.07) is 16.3. The van der Waals surface area contributed by atoms with Crippen LogP contribution in [0.25, 0.3) is 10.9 Å². The smallest absolute Gasteiger partial charge is 0.322 e. The Labute approximate surface area is 209 Å². The van der Waals surface area contributed by atoms with Gasteiger partial charge in [-0.3, -0.25) is 14.8 Å². The number of hydrogen-bond donors (Lipinski definition) is 3. The molecule has 10 nitrogen and oxygen atoms in total. The molecule has 0 atom stereocenters. The second-order valence-corrected chi connectivity index (χ2v) is 8.32. The van der Waals surface area contributed by atoms with Gasteiger partial charge in [0.2, 0.25) is 0 Å².